The van der Waals surface area contributed by atoms with E-state index >= 15 is 0 Å². The van der Waals surface area contributed by atoms with E-state index in [2.05, 4.69) is 10.3 Å². The number of halogens is 3. The Morgan fingerprint density at radius 2 is 2.06 bits per heavy atom. The summed E-state index contributed by atoms with van der Waals surface area (Å²) in [7, 11) is 0. The van der Waals surface area contributed by atoms with Gasteiger partial charge in [-0.1, -0.05) is 23.7 Å². The van der Waals surface area contributed by atoms with Crippen LogP contribution < -0.4 is 11.1 Å². The van der Waals surface area contributed by atoms with Gasteiger partial charge in [0.15, 0.2) is 0 Å². The van der Waals surface area contributed by atoms with Crippen LogP contribution in [-0.2, 0) is 22.7 Å². The first-order valence-electron chi connectivity index (χ1n) is 10.3. The molecule has 34 heavy (non-hydrogen) atoms. The summed E-state index contributed by atoms with van der Waals surface area (Å²) in [5.74, 6) is -3.04. The number of anilines is 1. The number of nitrogens with one attached hydrogen (secondary N) is 1. The number of carboxylic acids is 1. The maximum absolute atomic E-state index is 14.2. The molecule has 2 aromatic heterocycles. The van der Waals surface area contributed by atoms with E-state index < -0.39 is 35.8 Å². The number of hydrogen-bond acceptors (Lipinski definition) is 5. The van der Waals surface area contributed by atoms with Gasteiger partial charge in [0.2, 0.25) is 11.8 Å². The lowest BCUT2D eigenvalue weighted by molar-refractivity contribution is -0.139. The number of fused-ring (bicyclic) bond motifs is 1. The highest BCUT2D eigenvalue weighted by atomic mass is 35.5. The van der Waals surface area contributed by atoms with Gasteiger partial charge in [0.1, 0.15) is 35.8 Å². The molecule has 178 valence electrons. The summed E-state index contributed by atoms with van der Waals surface area (Å²) in [5, 5.41) is 12.0. The highest BCUT2D eigenvalue weighted by Crippen LogP contribution is 2.26. The minimum absolute atomic E-state index is 0.0131. The summed E-state index contributed by atoms with van der Waals surface area (Å²) in [6, 6.07) is 4.84. The van der Waals surface area contributed by atoms with Crippen molar-refractivity contribution < 1.29 is 28.3 Å². The van der Waals surface area contributed by atoms with Crippen molar-refractivity contribution in [3.8, 4) is 0 Å². The Balaban J connectivity index is 1.49. The molecule has 0 aliphatic carbocycles. The minimum atomic E-state index is -1.39. The number of aromatic carboxylic acids is 1. The number of pyridine rings is 1. The SMILES string of the molecule is Nc1c(C(=O)O)cnc2c1ccn2CC(=O)N1C[C@H](F)C[C@H]1C(=O)NCc1cccc(Cl)c1F. The van der Waals surface area contributed by atoms with Crippen LogP contribution in [0.4, 0.5) is 14.5 Å². The zero-order chi connectivity index (χ0) is 24.6. The molecular formula is C22H20ClF2N5O4. The van der Waals surface area contributed by atoms with Crippen molar-refractivity contribution in [3.63, 3.8) is 0 Å². The lowest BCUT2D eigenvalue weighted by atomic mass is 10.1. The van der Waals surface area contributed by atoms with Crippen LogP contribution in [0.15, 0.2) is 36.7 Å². The molecule has 0 saturated carbocycles. The highest BCUT2D eigenvalue weighted by molar-refractivity contribution is 6.30. The van der Waals surface area contributed by atoms with E-state index in [1.165, 1.54) is 35.0 Å². The van der Waals surface area contributed by atoms with E-state index in [0.717, 1.165) is 11.1 Å². The quantitative estimate of drug-likeness (QED) is 0.485. The molecule has 0 radical (unpaired) electrons. The van der Waals surface area contributed by atoms with E-state index in [1.807, 2.05) is 0 Å². The molecule has 12 heteroatoms. The fraction of sp³-hybridized carbons (Fsp3) is 0.273. The van der Waals surface area contributed by atoms with Crippen molar-refractivity contribution in [3.05, 3.63) is 58.6 Å². The third kappa shape index (κ3) is 4.38. The second-order valence-corrected chi connectivity index (χ2v) is 8.30. The van der Waals surface area contributed by atoms with Gasteiger partial charge in [0, 0.05) is 36.3 Å². The number of carboxylic acid groups (broad SMARTS) is 1. The third-order valence-corrected chi connectivity index (χ3v) is 6.02. The van der Waals surface area contributed by atoms with Gasteiger partial charge in [-0.3, -0.25) is 9.59 Å². The molecule has 9 nitrogen and oxygen atoms in total. The van der Waals surface area contributed by atoms with E-state index in [1.54, 1.807) is 0 Å². The number of carbonyl (C=O) groups excluding carboxylic acids is 2. The standard InChI is InChI=1S/C22H20ClF2N5O4/c23-15-3-1-2-11(18(15)25)7-28-21(32)16-6-12(24)9-30(16)17(31)10-29-5-4-13-19(26)14(22(33)34)8-27-20(13)29/h1-5,8,12,16H,6-7,9-10H2,(H2,26,27)(H,28,32)(H,33,34)/t12-,16+/m1/s1. The molecule has 0 unspecified atom stereocenters. The Hall–Kier alpha value is -3.73. The topological polar surface area (TPSA) is 131 Å². The van der Waals surface area contributed by atoms with Gasteiger partial charge in [-0.25, -0.2) is 18.6 Å². The Morgan fingerprint density at radius 3 is 2.79 bits per heavy atom. The highest BCUT2D eigenvalue weighted by Gasteiger charge is 2.39. The molecule has 1 aliphatic rings. The van der Waals surface area contributed by atoms with Gasteiger partial charge in [-0.2, -0.15) is 0 Å². The molecule has 4 rings (SSSR count). The van der Waals surface area contributed by atoms with Gasteiger partial charge < -0.3 is 25.6 Å². The van der Waals surface area contributed by atoms with Crippen LogP contribution in [0.25, 0.3) is 11.0 Å². The van der Waals surface area contributed by atoms with Crippen LogP contribution in [0.2, 0.25) is 5.02 Å². The minimum Gasteiger partial charge on any atom is -0.478 e. The molecule has 0 spiro atoms. The first-order valence-corrected chi connectivity index (χ1v) is 10.7. The fourth-order valence-electron chi connectivity index (χ4n) is 3.99. The lowest BCUT2D eigenvalue weighted by Crippen LogP contribution is -2.46. The summed E-state index contributed by atoms with van der Waals surface area (Å²) in [5.41, 5.74) is 6.20. The lowest BCUT2D eigenvalue weighted by Gasteiger charge is -2.24. The molecule has 4 N–H and O–H groups in total. The van der Waals surface area contributed by atoms with Gasteiger partial charge in [0.25, 0.3) is 0 Å². The average Bonchev–Trinajstić information content (AvgIpc) is 3.38. The van der Waals surface area contributed by atoms with Crippen molar-refractivity contribution in [2.45, 2.75) is 31.7 Å². The normalized spacial score (nSPS) is 17.8. The van der Waals surface area contributed by atoms with Crippen molar-refractivity contribution in [2.75, 3.05) is 12.3 Å². The number of hydrogen-bond donors (Lipinski definition) is 3. The predicted octanol–water partition coefficient (Wildman–Crippen LogP) is 2.36. The molecule has 3 aromatic rings. The summed E-state index contributed by atoms with van der Waals surface area (Å²) in [6.07, 6.45) is 1.03. The number of alkyl halides is 1. The van der Waals surface area contributed by atoms with Crippen molar-refractivity contribution >= 4 is 46.1 Å². The van der Waals surface area contributed by atoms with E-state index in [-0.39, 0.29) is 53.5 Å². The molecule has 1 fully saturated rings. The van der Waals surface area contributed by atoms with E-state index in [9.17, 15) is 28.3 Å². The Kier molecular flexibility index (Phi) is 6.38. The molecule has 1 aromatic carbocycles. The number of carbonyl (C=O) groups is 3. The number of nitrogens with two attached hydrogens (primary N) is 1. The second kappa shape index (κ2) is 9.26. The molecule has 1 saturated heterocycles. The maximum Gasteiger partial charge on any atom is 0.339 e. The van der Waals surface area contributed by atoms with Crippen molar-refractivity contribution in [1.82, 2.24) is 19.8 Å². The Bertz CT molecular complexity index is 1300. The third-order valence-electron chi connectivity index (χ3n) is 5.72. The van der Waals surface area contributed by atoms with Gasteiger partial charge >= 0.3 is 5.97 Å². The van der Waals surface area contributed by atoms with E-state index in [4.69, 9.17) is 17.3 Å². The number of aromatic nitrogens is 2. The van der Waals surface area contributed by atoms with Crippen LogP contribution in [0.5, 0.6) is 0 Å². The molecule has 1 aliphatic heterocycles. The fourth-order valence-corrected chi connectivity index (χ4v) is 4.18. The first-order chi connectivity index (χ1) is 16.2. The second-order valence-electron chi connectivity index (χ2n) is 7.90. The van der Waals surface area contributed by atoms with Crippen LogP contribution >= 0.6 is 11.6 Å². The molecular weight excluding hydrogens is 472 g/mol. The number of nitrogens with zero attached hydrogens (tertiary/aromatic N) is 3. The molecule has 3 heterocycles. The molecule has 0 bridgehead atoms. The largest absolute Gasteiger partial charge is 0.478 e. The summed E-state index contributed by atoms with van der Waals surface area (Å²) >= 11 is 5.75. The van der Waals surface area contributed by atoms with Gasteiger partial charge in [-0.15, -0.1) is 0 Å². The van der Waals surface area contributed by atoms with Crippen LogP contribution in [-0.4, -0.2) is 56.1 Å². The smallest absolute Gasteiger partial charge is 0.339 e. The first kappa shape index (κ1) is 23.4. The predicted molar refractivity (Wildman–Crippen MR) is 119 cm³/mol. The number of rotatable bonds is 6. The monoisotopic (exact) mass is 491 g/mol. The summed E-state index contributed by atoms with van der Waals surface area (Å²) < 4.78 is 29.7. The number of amides is 2. The van der Waals surface area contributed by atoms with Crippen molar-refractivity contribution in [1.29, 1.82) is 0 Å². The summed E-state index contributed by atoms with van der Waals surface area (Å²) in [4.78, 5) is 42.2. The van der Waals surface area contributed by atoms with Crippen LogP contribution in [0.1, 0.15) is 22.3 Å². The maximum atomic E-state index is 14.2. The van der Waals surface area contributed by atoms with E-state index in [0.29, 0.717) is 5.39 Å². The zero-order valence-electron chi connectivity index (χ0n) is 17.7. The Morgan fingerprint density at radius 1 is 1.29 bits per heavy atom. The molecule has 2 atom stereocenters. The number of nitrogen functional groups attached to an aromatic ring is 1. The van der Waals surface area contributed by atoms with Crippen LogP contribution in [0.3, 0.4) is 0 Å². The number of benzene rings is 1. The Labute approximate surface area is 197 Å². The van der Waals surface area contributed by atoms with Crippen LogP contribution in [0, 0.1) is 5.82 Å². The van der Waals surface area contributed by atoms with Gasteiger partial charge in [0.05, 0.1) is 17.3 Å². The van der Waals surface area contributed by atoms with Crippen molar-refractivity contribution in [2.24, 2.45) is 0 Å². The number of likely N-dealkylation sites (tertiary alicyclic amines) is 1. The zero-order valence-corrected chi connectivity index (χ0v) is 18.4. The summed E-state index contributed by atoms with van der Waals surface area (Å²) in [6.45, 7) is -0.694. The average molecular weight is 492 g/mol. The molecule has 2 amide bonds. The van der Waals surface area contributed by atoms with Gasteiger partial charge in [-0.05, 0) is 12.1 Å².